The lowest BCUT2D eigenvalue weighted by Crippen LogP contribution is -2.31. The molecule has 3 aromatic rings. The summed E-state index contributed by atoms with van der Waals surface area (Å²) in [6.45, 7) is -0.0583. The summed E-state index contributed by atoms with van der Waals surface area (Å²) >= 11 is 1.64. The summed E-state index contributed by atoms with van der Waals surface area (Å²) < 4.78 is 10.3. The van der Waals surface area contributed by atoms with Crippen LogP contribution in [-0.4, -0.2) is 31.6 Å². The number of rotatable bonds is 10. The van der Waals surface area contributed by atoms with E-state index in [4.69, 9.17) is 9.47 Å². The summed E-state index contributed by atoms with van der Waals surface area (Å²) in [4.78, 5) is 24.7. The van der Waals surface area contributed by atoms with Crippen LogP contribution < -0.4 is 15.4 Å². The van der Waals surface area contributed by atoms with Crippen molar-refractivity contribution >= 4 is 34.6 Å². The zero-order chi connectivity index (χ0) is 20.3. The van der Waals surface area contributed by atoms with Gasteiger partial charge in [-0.1, -0.05) is 24.3 Å². The van der Waals surface area contributed by atoms with Crippen LogP contribution in [0.25, 0.3) is 0 Å². The van der Waals surface area contributed by atoms with E-state index in [0.717, 1.165) is 17.8 Å². The predicted octanol–water partition coefficient (Wildman–Crippen LogP) is 3.77. The molecule has 7 heteroatoms. The van der Waals surface area contributed by atoms with Crippen LogP contribution in [0, 0.1) is 0 Å². The Hall–Kier alpha value is -3.32. The number of carbonyl (C=O) groups is 2. The van der Waals surface area contributed by atoms with E-state index in [-0.39, 0.29) is 19.1 Å². The number of para-hydroxylation sites is 1. The van der Waals surface area contributed by atoms with Gasteiger partial charge in [0, 0.05) is 22.8 Å². The fourth-order valence-electron chi connectivity index (χ4n) is 2.48. The number of nitrogens with one attached hydrogen (secondary N) is 2. The highest BCUT2D eigenvalue weighted by Crippen LogP contribution is 2.19. The van der Waals surface area contributed by atoms with E-state index in [1.165, 1.54) is 4.88 Å². The first-order valence-electron chi connectivity index (χ1n) is 9.19. The first-order valence-corrected chi connectivity index (χ1v) is 10.1. The SMILES string of the molecule is O=C(COC(=O)COc1ccc(Nc2ccccc2)cc1)NCCc1cccs1. The van der Waals surface area contributed by atoms with Gasteiger partial charge in [-0.25, -0.2) is 4.79 Å². The van der Waals surface area contributed by atoms with E-state index in [2.05, 4.69) is 10.6 Å². The van der Waals surface area contributed by atoms with Gasteiger partial charge in [0.1, 0.15) is 5.75 Å². The Kier molecular flexibility index (Phi) is 7.65. The van der Waals surface area contributed by atoms with Gasteiger partial charge in [-0.2, -0.15) is 0 Å². The van der Waals surface area contributed by atoms with Crippen molar-refractivity contribution in [3.63, 3.8) is 0 Å². The molecule has 1 aromatic heterocycles. The lowest BCUT2D eigenvalue weighted by molar-refractivity contribution is -0.150. The molecular weight excluding hydrogens is 388 g/mol. The molecule has 2 aromatic carbocycles. The molecular formula is C22H22N2O4S. The van der Waals surface area contributed by atoms with Crippen molar-refractivity contribution in [2.45, 2.75) is 6.42 Å². The van der Waals surface area contributed by atoms with Crippen molar-refractivity contribution in [2.24, 2.45) is 0 Å². The minimum absolute atomic E-state index is 0.256. The smallest absolute Gasteiger partial charge is 0.344 e. The number of benzene rings is 2. The Morgan fingerprint density at radius 3 is 2.34 bits per heavy atom. The number of anilines is 2. The molecule has 0 spiro atoms. The zero-order valence-corrected chi connectivity index (χ0v) is 16.6. The summed E-state index contributed by atoms with van der Waals surface area (Å²) in [6, 6.07) is 21.0. The molecule has 2 N–H and O–H groups in total. The second-order valence-corrected chi connectivity index (χ2v) is 7.18. The maximum absolute atomic E-state index is 11.8. The van der Waals surface area contributed by atoms with Crippen LogP contribution in [0.2, 0.25) is 0 Å². The largest absolute Gasteiger partial charge is 0.482 e. The van der Waals surface area contributed by atoms with Crippen molar-refractivity contribution in [3.8, 4) is 5.75 Å². The van der Waals surface area contributed by atoms with Crippen molar-refractivity contribution in [3.05, 3.63) is 77.0 Å². The minimum atomic E-state index is -0.593. The first kappa shape index (κ1) is 20.4. The number of hydrogen-bond acceptors (Lipinski definition) is 6. The molecule has 0 bridgehead atoms. The standard InChI is InChI=1S/C22H22N2O4S/c25-21(23-13-12-20-7-4-14-29-20)15-28-22(26)16-27-19-10-8-18(9-11-19)24-17-5-2-1-3-6-17/h1-11,14,24H,12-13,15-16H2,(H,23,25). The summed E-state index contributed by atoms with van der Waals surface area (Å²) in [5, 5.41) is 7.97. The van der Waals surface area contributed by atoms with Crippen molar-refractivity contribution < 1.29 is 19.1 Å². The van der Waals surface area contributed by atoms with Gasteiger partial charge >= 0.3 is 5.97 Å². The first-order chi connectivity index (χ1) is 14.2. The number of amides is 1. The molecule has 150 valence electrons. The summed E-state index contributed by atoms with van der Waals surface area (Å²) in [7, 11) is 0. The Labute approximate surface area is 173 Å². The topological polar surface area (TPSA) is 76.7 Å². The van der Waals surface area contributed by atoms with Gasteiger partial charge in [0.05, 0.1) is 0 Å². The minimum Gasteiger partial charge on any atom is -0.482 e. The molecule has 0 aliphatic heterocycles. The van der Waals surface area contributed by atoms with Crippen LogP contribution in [0.1, 0.15) is 4.88 Å². The van der Waals surface area contributed by atoms with Gasteiger partial charge in [0.2, 0.25) is 0 Å². The third kappa shape index (κ3) is 7.31. The van der Waals surface area contributed by atoms with Crippen LogP contribution in [0.4, 0.5) is 11.4 Å². The van der Waals surface area contributed by atoms with Crippen LogP contribution in [-0.2, 0) is 20.7 Å². The average Bonchev–Trinajstić information content (AvgIpc) is 3.26. The van der Waals surface area contributed by atoms with Crippen molar-refractivity contribution in [1.82, 2.24) is 5.32 Å². The third-order valence-electron chi connectivity index (χ3n) is 3.91. The van der Waals surface area contributed by atoms with Crippen LogP contribution in [0.3, 0.4) is 0 Å². The Morgan fingerprint density at radius 1 is 0.862 bits per heavy atom. The number of esters is 1. The summed E-state index contributed by atoms with van der Waals surface area (Å²) in [5.41, 5.74) is 1.89. The Balaban J connectivity index is 1.32. The van der Waals surface area contributed by atoms with Gasteiger partial charge in [0.15, 0.2) is 13.2 Å². The van der Waals surface area contributed by atoms with Gasteiger partial charge in [-0.05, 0) is 54.3 Å². The Bertz CT molecular complexity index is 896. The number of hydrogen-bond donors (Lipinski definition) is 2. The van der Waals surface area contributed by atoms with E-state index < -0.39 is 5.97 Å². The molecule has 0 fully saturated rings. The zero-order valence-electron chi connectivity index (χ0n) is 15.8. The maximum atomic E-state index is 11.8. The van der Waals surface area contributed by atoms with Crippen LogP contribution in [0.15, 0.2) is 72.1 Å². The van der Waals surface area contributed by atoms with Crippen molar-refractivity contribution in [1.29, 1.82) is 0 Å². The highest BCUT2D eigenvalue weighted by atomic mass is 32.1. The number of thiophene rings is 1. The fourth-order valence-corrected chi connectivity index (χ4v) is 3.19. The van der Waals surface area contributed by atoms with E-state index in [1.54, 1.807) is 23.5 Å². The summed E-state index contributed by atoms with van der Waals surface area (Å²) in [5.74, 6) is -0.378. The highest BCUT2D eigenvalue weighted by Gasteiger charge is 2.08. The van der Waals surface area contributed by atoms with E-state index in [0.29, 0.717) is 12.3 Å². The van der Waals surface area contributed by atoms with E-state index in [1.807, 2.05) is 60.0 Å². The molecule has 29 heavy (non-hydrogen) atoms. The van der Waals surface area contributed by atoms with Crippen LogP contribution in [0.5, 0.6) is 5.75 Å². The normalized spacial score (nSPS) is 10.2. The molecule has 0 saturated heterocycles. The van der Waals surface area contributed by atoms with E-state index >= 15 is 0 Å². The number of carbonyl (C=O) groups excluding carboxylic acids is 2. The van der Waals surface area contributed by atoms with Crippen molar-refractivity contribution in [2.75, 3.05) is 25.1 Å². The quantitative estimate of drug-likeness (QED) is 0.498. The van der Waals surface area contributed by atoms with Gasteiger partial charge < -0.3 is 20.1 Å². The third-order valence-corrected chi connectivity index (χ3v) is 4.85. The second kappa shape index (κ2) is 10.9. The molecule has 0 atom stereocenters. The summed E-state index contributed by atoms with van der Waals surface area (Å²) in [6.07, 6.45) is 0.760. The molecule has 1 heterocycles. The fraction of sp³-hybridized carbons (Fsp3) is 0.182. The maximum Gasteiger partial charge on any atom is 0.344 e. The molecule has 6 nitrogen and oxygen atoms in total. The van der Waals surface area contributed by atoms with Gasteiger partial charge in [0.25, 0.3) is 5.91 Å². The lowest BCUT2D eigenvalue weighted by atomic mass is 10.2. The Morgan fingerprint density at radius 2 is 1.62 bits per heavy atom. The van der Waals surface area contributed by atoms with E-state index in [9.17, 15) is 9.59 Å². The number of ether oxygens (including phenoxy) is 2. The predicted molar refractivity (Wildman–Crippen MR) is 114 cm³/mol. The second-order valence-electron chi connectivity index (χ2n) is 6.14. The monoisotopic (exact) mass is 410 g/mol. The molecule has 3 rings (SSSR count). The molecule has 0 aliphatic carbocycles. The highest BCUT2D eigenvalue weighted by molar-refractivity contribution is 7.09. The molecule has 1 amide bonds. The average molecular weight is 410 g/mol. The van der Waals surface area contributed by atoms with Crippen LogP contribution >= 0.6 is 11.3 Å². The molecule has 0 radical (unpaired) electrons. The lowest BCUT2D eigenvalue weighted by Gasteiger charge is -2.09. The van der Waals surface area contributed by atoms with Gasteiger partial charge in [-0.15, -0.1) is 11.3 Å². The molecule has 0 aliphatic rings. The molecule has 0 unspecified atom stereocenters. The molecule has 0 saturated carbocycles. The van der Waals surface area contributed by atoms with Gasteiger partial charge in [-0.3, -0.25) is 4.79 Å².